The van der Waals surface area contributed by atoms with E-state index in [9.17, 15) is 9.59 Å². The van der Waals surface area contributed by atoms with E-state index in [1.54, 1.807) is 12.3 Å². The Hall–Kier alpha value is -2.36. The van der Waals surface area contributed by atoms with Gasteiger partial charge < -0.3 is 10.3 Å². The third-order valence-corrected chi connectivity index (χ3v) is 4.56. The van der Waals surface area contributed by atoms with Crippen LogP contribution in [-0.4, -0.2) is 23.2 Å². The van der Waals surface area contributed by atoms with Crippen LogP contribution in [0.25, 0.3) is 0 Å². The number of H-pyrrole nitrogens is 1. The second-order valence-electron chi connectivity index (χ2n) is 7.70. The van der Waals surface area contributed by atoms with E-state index < -0.39 is 0 Å². The quantitative estimate of drug-likeness (QED) is 0.805. The van der Waals surface area contributed by atoms with Gasteiger partial charge in [0.2, 0.25) is 0 Å². The molecule has 0 fully saturated rings. The number of ketones is 1. The Morgan fingerprint density at radius 1 is 1.08 bits per heavy atom. The lowest BCUT2D eigenvalue weighted by molar-refractivity contribution is 0.0949. The maximum absolute atomic E-state index is 12.2. The average molecular weight is 340 g/mol. The molecule has 0 bridgehead atoms. The van der Waals surface area contributed by atoms with Crippen molar-refractivity contribution in [2.24, 2.45) is 0 Å². The van der Waals surface area contributed by atoms with Crippen molar-refractivity contribution in [1.29, 1.82) is 0 Å². The van der Waals surface area contributed by atoms with Gasteiger partial charge in [0, 0.05) is 18.3 Å². The van der Waals surface area contributed by atoms with Gasteiger partial charge in [0.15, 0.2) is 5.78 Å². The fourth-order valence-electron chi connectivity index (χ4n) is 2.95. The molecule has 0 radical (unpaired) electrons. The first-order chi connectivity index (χ1) is 11.6. The molecule has 4 nitrogen and oxygen atoms in total. The van der Waals surface area contributed by atoms with Crippen LogP contribution in [0.4, 0.5) is 0 Å². The number of hydrogen-bond donors (Lipinski definition) is 2. The Bertz CT molecular complexity index is 771. The highest BCUT2D eigenvalue weighted by atomic mass is 16.2. The molecule has 0 unspecified atom stereocenters. The van der Waals surface area contributed by atoms with Crippen molar-refractivity contribution in [3.63, 3.8) is 0 Å². The van der Waals surface area contributed by atoms with E-state index in [0.717, 1.165) is 6.42 Å². The molecule has 0 atom stereocenters. The molecule has 0 saturated carbocycles. The number of carbonyl (C=O) groups is 2. The van der Waals surface area contributed by atoms with Crippen LogP contribution in [0.1, 0.15) is 70.8 Å². The van der Waals surface area contributed by atoms with E-state index in [1.165, 1.54) is 29.2 Å². The number of rotatable bonds is 5. The Kier molecular flexibility index (Phi) is 5.51. The monoisotopic (exact) mass is 340 g/mol. The summed E-state index contributed by atoms with van der Waals surface area (Å²) in [5, 5.41) is 2.92. The summed E-state index contributed by atoms with van der Waals surface area (Å²) in [7, 11) is 0. The lowest BCUT2D eigenvalue weighted by atomic mass is 9.83. The van der Waals surface area contributed by atoms with E-state index in [0.29, 0.717) is 17.8 Å². The highest BCUT2D eigenvalue weighted by Gasteiger charge is 2.16. The molecular weight excluding hydrogens is 312 g/mol. The maximum atomic E-state index is 12.2. The summed E-state index contributed by atoms with van der Waals surface area (Å²) in [5.41, 5.74) is 6.21. The molecule has 1 aromatic carbocycles. The second-order valence-corrected chi connectivity index (χ2v) is 7.70. The molecule has 25 heavy (non-hydrogen) atoms. The summed E-state index contributed by atoms with van der Waals surface area (Å²) >= 11 is 0. The van der Waals surface area contributed by atoms with Gasteiger partial charge in [-0.05, 0) is 60.9 Å². The molecule has 0 saturated heterocycles. The summed E-state index contributed by atoms with van der Waals surface area (Å²) in [6.07, 6.45) is 2.35. The number of Topliss-reactive ketones (excluding diaryl/α,β-unsaturated/α-hetero) is 1. The Balaban J connectivity index is 2.01. The van der Waals surface area contributed by atoms with Gasteiger partial charge in [-0.25, -0.2) is 0 Å². The predicted molar refractivity (Wildman–Crippen MR) is 101 cm³/mol. The first-order valence-electron chi connectivity index (χ1n) is 8.67. The normalized spacial score (nSPS) is 11.4. The highest BCUT2D eigenvalue weighted by Crippen LogP contribution is 2.27. The summed E-state index contributed by atoms with van der Waals surface area (Å²) in [6.45, 7) is 12.9. The number of aromatic amines is 1. The van der Waals surface area contributed by atoms with Crippen LogP contribution in [0.3, 0.4) is 0 Å². The van der Waals surface area contributed by atoms with Gasteiger partial charge in [-0.1, -0.05) is 32.9 Å². The molecule has 1 aromatic heterocycles. The standard InChI is InChI=1S/C21H28N2O2/c1-13-9-17(21(4,5)6)10-14(2)18(13)7-8-22-20(25)19-11-16(12-23-19)15(3)24/h9-12,23H,7-8H2,1-6H3,(H,22,25). The largest absolute Gasteiger partial charge is 0.356 e. The van der Waals surface area contributed by atoms with Gasteiger partial charge in [-0.15, -0.1) is 0 Å². The lowest BCUT2D eigenvalue weighted by Gasteiger charge is -2.22. The topological polar surface area (TPSA) is 62.0 Å². The molecule has 1 heterocycles. The van der Waals surface area contributed by atoms with E-state index >= 15 is 0 Å². The molecule has 0 aliphatic rings. The predicted octanol–water partition coefficient (Wildman–Crippen LogP) is 4.10. The minimum absolute atomic E-state index is 0.0551. The molecule has 4 heteroatoms. The molecule has 0 aliphatic carbocycles. The minimum atomic E-state index is -0.186. The molecule has 0 spiro atoms. The molecule has 1 amide bonds. The van der Waals surface area contributed by atoms with Gasteiger partial charge in [-0.2, -0.15) is 0 Å². The Morgan fingerprint density at radius 2 is 1.68 bits per heavy atom. The molecule has 2 aromatic rings. The minimum Gasteiger partial charge on any atom is -0.356 e. The SMILES string of the molecule is CC(=O)c1c[nH]c(C(=O)NCCc2c(C)cc(C(C)(C)C)cc2C)c1. The van der Waals surface area contributed by atoms with Crippen molar-refractivity contribution in [2.75, 3.05) is 6.54 Å². The zero-order valence-corrected chi connectivity index (χ0v) is 16.0. The van der Waals surface area contributed by atoms with E-state index in [1.807, 2.05) is 0 Å². The van der Waals surface area contributed by atoms with Crippen molar-refractivity contribution < 1.29 is 9.59 Å². The van der Waals surface area contributed by atoms with Crippen LogP contribution < -0.4 is 5.32 Å². The number of hydrogen-bond acceptors (Lipinski definition) is 2. The second kappa shape index (κ2) is 7.26. The number of benzene rings is 1. The van der Waals surface area contributed by atoms with Crippen LogP contribution in [0.15, 0.2) is 24.4 Å². The maximum Gasteiger partial charge on any atom is 0.267 e. The van der Waals surface area contributed by atoms with Crippen molar-refractivity contribution in [3.8, 4) is 0 Å². The molecular formula is C21H28N2O2. The first kappa shape index (κ1) is 19.0. The van der Waals surface area contributed by atoms with Gasteiger partial charge >= 0.3 is 0 Å². The van der Waals surface area contributed by atoms with Crippen molar-refractivity contribution >= 4 is 11.7 Å². The number of nitrogens with one attached hydrogen (secondary N) is 2. The number of amides is 1. The molecule has 2 N–H and O–H groups in total. The van der Waals surface area contributed by atoms with Crippen molar-refractivity contribution in [1.82, 2.24) is 10.3 Å². The Morgan fingerprint density at radius 3 is 2.16 bits per heavy atom. The number of carbonyl (C=O) groups excluding carboxylic acids is 2. The number of aromatic nitrogens is 1. The fraction of sp³-hybridized carbons (Fsp3) is 0.429. The lowest BCUT2D eigenvalue weighted by Crippen LogP contribution is -2.26. The Labute approximate surface area is 150 Å². The molecule has 0 aliphatic heterocycles. The highest BCUT2D eigenvalue weighted by molar-refractivity contribution is 5.99. The first-order valence-corrected chi connectivity index (χ1v) is 8.67. The van der Waals surface area contributed by atoms with Crippen LogP contribution in [0.5, 0.6) is 0 Å². The zero-order chi connectivity index (χ0) is 18.8. The summed E-state index contributed by atoms with van der Waals surface area (Å²) < 4.78 is 0. The smallest absolute Gasteiger partial charge is 0.267 e. The van der Waals surface area contributed by atoms with Gasteiger partial charge in [0.05, 0.1) is 0 Å². The zero-order valence-electron chi connectivity index (χ0n) is 16.0. The van der Waals surface area contributed by atoms with Gasteiger partial charge in [0.25, 0.3) is 5.91 Å². The van der Waals surface area contributed by atoms with E-state index in [-0.39, 0.29) is 17.1 Å². The van der Waals surface area contributed by atoms with Crippen molar-refractivity contribution in [3.05, 3.63) is 57.9 Å². The third kappa shape index (κ3) is 4.59. The number of aryl methyl sites for hydroxylation is 2. The summed E-state index contributed by atoms with van der Waals surface area (Å²) in [6, 6.07) is 6.08. The van der Waals surface area contributed by atoms with Crippen LogP contribution >= 0.6 is 0 Å². The van der Waals surface area contributed by atoms with E-state index in [4.69, 9.17) is 0 Å². The van der Waals surface area contributed by atoms with Crippen LogP contribution in [0.2, 0.25) is 0 Å². The van der Waals surface area contributed by atoms with Gasteiger partial charge in [0.1, 0.15) is 5.69 Å². The van der Waals surface area contributed by atoms with E-state index in [2.05, 4.69) is 57.1 Å². The molecule has 2 rings (SSSR count). The fourth-order valence-corrected chi connectivity index (χ4v) is 2.95. The third-order valence-electron chi connectivity index (χ3n) is 4.56. The van der Waals surface area contributed by atoms with Crippen molar-refractivity contribution in [2.45, 2.75) is 53.4 Å². The average Bonchev–Trinajstić information content (AvgIpc) is 2.98. The van der Waals surface area contributed by atoms with Gasteiger partial charge in [-0.3, -0.25) is 9.59 Å². The summed E-state index contributed by atoms with van der Waals surface area (Å²) in [4.78, 5) is 26.3. The van der Waals surface area contributed by atoms with Crippen LogP contribution in [0, 0.1) is 13.8 Å². The van der Waals surface area contributed by atoms with Crippen LogP contribution in [-0.2, 0) is 11.8 Å². The summed E-state index contributed by atoms with van der Waals surface area (Å²) in [5.74, 6) is -0.241. The molecule has 134 valence electrons.